The Morgan fingerprint density at radius 1 is 1.15 bits per heavy atom. The molecule has 2 nitrogen and oxygen atoms in total. The second-order valence-electron chi connectivity index (χ2n) is 4.56. The number of hydrogen-bond donors (Lipinski definition) is 1. The van der Waals surface area contributed by atoms with Gasteiger partial charge in [0.15, 0.2) is 0 Å². The van der Waals surface area contributed by atoms with Crippen molar-refractivity contribution in [1.82, 2.24) is 0 Å². The summed E-state index contributed by atoms with van der Waals surface area (Å²) >= 11 is 1.40. The highest BCUT2D eigenvalue weighted by molar-refractivity contribution is 7.12. The highest BCUT2D eigenvalue weighted by atomic mass is 32.1. The van der Waals surface area contributed by atoms with Gasteiger partial charge in [0.05, 0.1) is 0 Å². The number of aryl methyl sites for hydroxylation is 1. The van der Waals surface area contributed by atoms with Crippen LogP contribution in [0.3, 0.4) is 0 Å². The van der Waals surface area contributed by atoms with Crippen molar-refractivity contribution in [2.24, 2.45) is 0 Å². The molecule has 2 aromatic rings. The fourth-order valence-corrected chi connectivity index (χ4v) is 2.77. The number of alkyl halides is 3. The standard InChI is InChI=1S/C14H13F3O2S/c1-9-6-7-12(20-9)13(2,18)10-4-3-5-11(8-10)19-14(15,16)17/h3-8,18H,1-2H3. The first-order valence-electron chi connectivity index (χ1n) is 5.84. The summed E-state index contributed by atoms with van der Waals surface area (Å²) in [5.74, 6) is -0.344. The van der Waals surface area contributed by atoms with E-state index in [1.807, 2.05) is 13.0 Å². The van der Waals surface area contributed by atoms with Gasteiger partial charge in [-0.1, -0.05) is 12.1 Å². The van der Waals surface area contributed by atoms with Gasteiger partial charge < -0.3 is 9.84 Å². The molecule has 0 aliphatic heterocycles. The molecule has 1 heterocycles. The maximum Gasteiger partial charge on any atom is 0.573 e. The average Bonchev–Trinajstić information content (AvgIpc) is 2.74. The molecule has 6 heteroatoms. The number of ether oxygens (including phenoxy) is 1. The molecule has 0 aliphatic rings. The molecule has 2 rings (SSSR count). The van der Waals surface area contributed by atoms with E-state index < -0.39 is 12.0 Å². The van der Waals surface area contributed by atoms with Crippen molar-refractivity contribution in [2.45, 2.75) is 25.8 Å². The summed E-state index contributed by atoms with van der Waals surface area (Å²) in [7, 11) is 0. The van der Waals surface area contributed by atoms with Crippen LogP contribution >= 0.6 is 11.3 Å². The van der Waals surface area contributed by atoms with Crippen LogP contribution in [-0.2, 0) is 5.60 Å². The van der Waals surface area contributed by atoms with E-state index in [4.69, 9.17) is 0 Å². The second-order valence-corrected chi connectivity index (χ2v) is 5.85. The highest BCUT2D eigenvalue weighted by Crippen LogP contribution is 2.35. The summed E-state index contributed by atoms with van der Waals surface area (Å²) in [6.07, 6.45) is -4.75. The number of thiophene rings is 1. The number of benzene rings is 1. The van der Waals surface area contributed by atoms with Gasteiger partial charge in [0.25, 0.3) is 0 Å². The summed E-state index contributed by atoms with van der Waals surface area (Å²) in [5.41, 5.74) is -1.01. The van der Waals surface area contributed by atoms with Crippen molar-refractivity contribution in [3.63, 3.8) is 0 Å². The molecule has 0 spiro atoms. The lowest BCUT2D eigenvalue weighted by molar-refractivity contribution is -0.274. The normalized spacial score (nSPS) is 14.9. The van der Waals surface area contributed by atoms with E-state index in [0.29, 0.717) is 10.4 Å². The molecule has 1 atom stereocenters. The van der Waals surface area contributed by atoms with Crippen molar-refractivity contribution >= 4 is 11.3 Å². The SMILES string of the molecule is Cc1ccc(C(C)(O)c2cccc(OC(F)(F)F)c2)s1. The third kappa shape index (κ3) is 3.32. The Kier molecular flexibility index (Phi) is 3.80. The van der Waals surface area contributed by atoms with Crippen LogP contribution in [0.5, 0.6) is 5.75 Å². The lowest BCUT2D eigenvalue weighted by atomic mass is 9.94. The van der Waals surface area contributed by atoms with Crippen LogP contribution in [0.1, 0.15) is 22.2 Å². The lowest BCUT2D eigenvalue weighted by Gasteiger charge is -2.23. The van der Waals surface area contributed by atoms with Gasteiger partial charge in [-0.15, -0.1) is 24.5 Å². The van der Waals surface area contributed by atoms with Crippen LogP contribution in [0.4, 0.5) is 13.2 Å². The van der Waals surface area contributed by atoms with Gasteiger partial charge in [-0.05, 0) is 43.7 Å². The summed E-state index contributed by atoms with van der Waals surface area (Å²) in [6, 6.07) is 9.00. The predicted octanol–water partition coefficient (Wildman–Crippen LogP) is 4.21. The summed E-state index contributed by atoms with van der Waals surface area (Å²) < 4.78 is 40.5. The third-order valence-corrected chi connectivity index (χ3v) is 4.06. The topological polar surface area (TPSA) is 29.5 Å². The van der Waals surface area contributed by atoms with Gasteiger partial charge in [0, 0.05) is 9.75 Å². The van der Waals surface area contributed by atoms with E-state index in [2.05, 4.69) is 4.74 Å². The van der Waals surface area contributed by atoms with E-state index in [-0.39, 0.29) is 5.75 Å². The van der Waals surface area contributed by atoms with Crippen molar-refractivity contribution in [1.29, 1.82) is 0 Å². The van der Waals surface area contributed by atoms with Gasteiger partial charge in [0.2, 0.25) is 0 Å². The number of hydrogen-bond acceptors (Lipinski definition) is 3. The largest absolute Gasteiger partial charge is 0.573 e. The average molecular weight is 302 g/mol. The van der Waals surface area contributed by atoms with Crippen molar-refractivity contribution in [2.75, 3.05) is 0 Å². The minimum Gasteiger partial charge on any atom is -0.406 e. The quantitative estimate of drug-likeness (QED) is 0.920. The first-order valence-corrected chi connectivity index (χ1v) is 6.66. The van der Waals surface area contributed by atoms with Gasteiger partial charge in [-0.25, -0.2) is 0 Å². The van der Waals surface area contributed by atoms with Crippen LogP contribution in [0.15, 0.2) is 36.4 Å². The van der Waals surface area contributed by atoms with E-state index in [0.717, 1.165) is 4.88 Å². The van der Waals surface area contributed by atoms with Crippen LogP contribution in [-0.4, -0.2) is 11.5 Å². The zero-order valence-corrected chi connectivity index (χ0v) is 11.7. The molecule has 0 bridgehead atoms. The molecule has 20 heavy (non-hydrogen) atoms. The second kappa shape index (κ2) is 5.10. The zero-order chi connectivity index (χ0) is 15.0. The van der Waals surface area contributed by atoms with Crippen molar-refractivity contribution in [3.8, 4) is 5.75 Å². The molecule has 0 fully saturated rings. The Morgan fingerprint density at radius 3 is 2.40 bits per heavy atom. The smallest absolute Gasteiger partial charge is 0.406 e. The molecule has 1 unspecified atom stereocenters. The fourth-order valence-electron chi connectivity index (χ4n) is 1.83. The number of aliphatic hydroxyl groups is 1. The Hall–Kier alpha value is -1.53. The predicted molar refractivity (Wildman–Crippen MR) is 70.9 cm³/mol. The van der Waals surface area contributed by atoms with Crippen LogP contribution in [0, 0.1) is 6.92 Å². The van der Waals surface area contributed by atoms with Gasteiger partial charge in [0.1, 0.15) is 11.4 Å². The molecule has 108 valence electrons. The van der Waals surface area contributed by atoms with Crippen LogP contribution < -0.4 is 4.74 Å². The van der Waals surface area contributed by atoms with E-state index in [9.17, 15) is 18.3 Å². The maximum atomic E-state index is 12.2. The van der Waals surface area contributed by atoms with Gasteiger partial charge >= 0.3 is 6.36 Å². The first kappa shape index (κ1) is 14.9. The first-order chi connectivity index (χ1) is 9.18. The molecule has 1 aromatic heterocycles. The maximum absolute atomic E-state index is 12.2. The summed E-state index contributed by atoms with van der Waals surface area (Å²) in [4.78, 5) is 1.68. The molecule has 0 saturated carbocycles. The molecule has 0 radical (unpaired) electrons. The molecule has 0 saturated heterocycles. The van der Waals surface area contributed by atoms with Crippen molar-refractivity contribution < 1.29 is 23.0 Å². The Balaban J connectivity index is 2.35. The van der Waals surface area contributed by atoms with Crippen molar-refractivity contribution in [3.05, 3.63) is 51.7 Å². The van der Waals surface area contributed by atoms with Crippen LogP contribution in [0.2, 0.25) is 0 Å². The number of rotatable bonds is 3. The highest BCUT2D eigenvalue weighted by Gasteiger charge is 2.32. The minimum absolute atomic E-state index is 0.344. The molecule has 0 aliphatic carbocycles. The molecule has 1 aromatic carbocycles. The van der Waals surface area contributed by atoms with Gasteiger partial charge in [-0.3, -0.25) is 0 Å². The molecular formula is C14H13F3O2S. The number of halogens is 3. The Labute approximate surface area is 118 Å². The fraction of sp³-hybridized carbons (Fsp3) is 0.286. The molecule has 0 amide bonds. The monoisotopic (exact) mass is 302 g/mol. The van der Waals surface area contributed by atoms with Gasteiger partial charge in [-0.2, -0.15) is 0 Å². The van der Waals surface area contributed by atoms with E-state index in [1.165, 1.54) is 29.5 Å². The molecule has 1 N–H and O–H groups in total. The lowest BCUT2D eigenvalue weighted by Crippen LogP contribution is -2.22. The zero-order valence-electron chi connectivity index (χ0n) is 10.9. The Morgan fingerprint density at radius 2 is 1.85 bits per heavy atom. The third-order valence-electron chi connectivity index (χ3n) is 2.85. The van der Waals surface area contributed by atoms with Crippen LogP contribution in [0.25, 0.3) is 0 Å². The molecular weight excluding hydrogens is 289 g/mol. The van der Waals surface area contributed by atoms with E-state index >= 15 is 0 Å². The summed E-state index contributed by atoms with van der Waals surface area (Å²) in [5, 5.41) is 10.6. The summed E-state index contributed by atoms with van der Waals surface area (Å²) in [6.45, 7) is 3.44. The Bertz CT molecular complexity index is 602. The van der Waals surface area contributed by atoms with E-state index in [1.54, 1.807) is 19.1 Å². The minimum atomic E-state index is -4.75.